The molecule has 0 saturated carbocycles. The fraction of sp³-hybridized carbons (Fsp3) is 0.0323. The summed E-state index contributed by atoms with van der Waals surface area (Å²) in [5, 5.41) is 0. The van der Waals surface area contributed by atoms with E-state index in [2.05, 4.69) is 252 Å². The van der Waals surface area contributed by atoms with Crippen LogP contribution in [0.1, 0.15) is 28.7 Å². The van der Waals surface area contributed by atoms with Gasteiger partial charge in [-0.3, -0.25) is 0 Å². The molecule has 0 fully saturated rings. The Bertz CT molecular complexity index is 3350. The Labute approximate surface area is 374 Å². The lowest BCUT2D eigenvalue weighted by Crippen LogP contribution is -2.26. The van der Waals surface area contributed by atoms with Crippen molar-refractivity contribution in [2.24, 2.45) is 0 Å². The minimum absolute atomic E-state index is 0.404. The van der Waals surface area contributed by atoms with Gasteiger partial charge in [0.15, 0.2) is 0 Å². The number of allylic oxidation sites excluding steroid dienone is 6. The number of hydrogen-bond acceptors (Lipinski definition) is 2. The van der Waals surface area contributed by atoms with E-state index in [1.165, 1.54) is 77.9 Å². The molecule has 0 amide bonds. The average molecular weight is 815 g/mol. The van der Waals surface area contributed by atoms with E-state index in [0.29, 0.717) is 0 Å². The van der Waals surface area contributed by atoms with Gasteiger partial charge in [0, 0.05) is 11.4 Å². The van der Waals surface area contributed by atoms with Gasteiger partial charge < -0.3 is 9.80 Å². The van der Waals surface area contributed by atoms with Crippen molar-refractivity contribution in [3.05, 3.63) is 271 Å². The van der Waals surface area contributed by atoms with E-state index in [-0.39, 0.29) is 0 Å². The van der Waals surface area contributed by atoms with Gasteiger partial charge in [0.05, 0.1) is 28.2 Å². The van der Waals surface area contributed by atoms with E-state index in [4.69, 9.17) is 0 Å². The molecule has 64 heavy (non-hydrogen) atoms. The van der Waals surface area contributed by atoms with Gasteiger partial charge in [-0.05, 0) is 139 Å². The summed E-state index contributed by atoms with van der Waals surface area (Å²) in [6, 6.07) is 80.7. The first-order chi connectivity index (χ1) is 31.8. The van der Waals surface area contributed by atoms with E-state index >= 15 is 0 Å². The third-order valence-corrected chi connectivity index (χ3v) is 13.9. The van der Waals surface area contributed by atoms with Crippen LogP contribution in [0.4, 0.5) is 34.1 Å². The molecule has 0 N–H and O–H groups in total. The first-order valence-electron chi connectivity index (χ1n) is 22.3. The zero-order valence-electron chi connectivity index (χ0n) is 35.2. The number of hydrogen-bond donors (Lipinski definition) is 0. The number of anilines is 6. The van der Waals surface area contributed by atoms with Crippen molar-refractivity contribution in [2.75, 3.05) is 9.80 Å². The van der Waals surface area contributed by atoms with Crippen molar-refractivity contribution in [3.63, 3.8) is 0 Å². The van der Waals surface area contributed by atoms with Crippen molar-refractivity contribution >= 4 is 39.7 Å². The molecule has 1 spiro atoms. The van der Waals surface area contributed by atoms with Gasteiger partial charge in [-0.15, -0.1) is 0 Å². The zero-order chi connectivity index (χ0) is 42.2. The van der Waals surface area contributed by atoms with Crippen molar-refractivity contribution in [1.82, 2.24) is 0 Å². The highest BCUT2D eigenvalue weighted by molar-refractivity contribution is 6.03. The van der Waals surface area contributed by atoms with E-state index < -0.39 is 5.41 Å². The van der Waals surface area contributed by atoms with Crippen LogP contribution in [0.3, 0.4) is 0 Å². The maximum absolute atomic E-state index is 2.51. The number of fused-ring (bicyclic) bond motifs is 11. The Kier molecular flexibility index (Phi) is 8.23. The molecule has 0 saturated heterocycles. The topological polar surface area (TPSA) is 6.48 Å². The Hall–Kier alpha value is -8.20. The first-order valence-corrected chi connectivity index (χ1v) is 22.3. The normalized spacial score (nSPS) is 14.7. The molecule has 9 aromatic carbocycles. The molecule has 0 unspecified atom stereocenters. The van der Waals surface area contributed by atoms with Crippen LogP contribution < -0.4 is 9.80 Å². The first kappa shape index (κ1) is 36.5. The fourth-order valence-corrected chi connectivity index (χ4v) is 11.1. The lowest BCUT2D eigenvalue weighted by Gasteiger charge is -2.40. The second-order valence-electron chi connectivity index (χ2n) is 17.2. The van der Waals surface area contributed by atoms with Gasteiger partial charge in [0.2, 0.25) is 0 Å². The maximum atomic E-state index is 2.51. The highest BCUT2D eigenvalue weighted by Gasteiger charge is 2.52. The number of nitrogens with zero attached hydrogens (tertiary/aromatic N) is 2. The molecule has 1 heterocycles. The minimum atomic E-state index is -0.404. The van der Waals surface area contributed by atoms with Gasteiger partial charge in [0.25, 0.3) is 0 Å². The zero-order valence-corrected chi connectivity index (χ0v) is 35.2. The van der Waals surface area contributed by atoms with Crippen LogP contribution in [-0.4, -0.2) is 0 Å². The third kappa shape index (κ3) is 5.39. The van der Waals surface area contributed by atoms with E-state index in [9.17, 15) is 0 Å². The highest BCUT2D eigenvalue weighted by atomic mass is 15.3. The van der Waals surface area contributed by atoms with Crippen LogP contribution in [-0.2, 0) is 5.41 Å². The Morgan fingerprint density at radius 2 is 0.797 bits per heavy atom. The summed E-state index contributed by atoms with van der Waals surface area (Å²) in [5.41, 5.74) is 24.5. The van der Waals surface area contributed by atoms with Gasteiger partial charge in [-0.25, -0.2) is 0 Å². The predicted octanol–water partition coefficient (Wildman–Crippen LogP) is 16.5. The summed E-state index contributed by atoms with van der Waals surface area (Å²) in [4.78, 5) is 4.89. The van der Waals surface area contributed by atoms with Crippen LogP contribution in [0.15, 0.2) is 248 Å². The van der Waals surface area contributed by atoms with Crippen molar-refractivity contribution in [2.45, 2.75) is 11.8 Å². The molecule has 0 radical (unpaired) electrons. The van der Waals surface area contributed by atoms with Crippen molar-refractivity contribution < 1.29 is 0 Å². The van der Waals surface area contributed by atoms with Gasteiger partial charge >= 0.3 is 0 Å². The second kappa shape index (κ2) is 14.4. The quantitative estimate of drug-likeness (QED) is 0.171. The standard InChI is InChI=1S/C62H42N2/c1-4-16-42(17-5-1)44-28-34-48(35-29-44)63-58-26-14-15-27-59(58)64(49-36-30-45(31-37-49)43-18-6-2-7-19-43)61-41-47(33-39-60(61)63)46-32-38-53-52-20-8-3-9-23-54(52)62(57(53)40-46)55-24-12-10-21-50(55)51-22-11-13-25-56(51)62/h1-19,21-41H,20H2. The molecule has 2 nitrogen and oxygen atoms in total. The molecule has 13 rings (SSSR count). The summed E-state index contributed by atoms with van der Waals surface area (Å²) in [6.07, 6.45) is 10.0. The molecule has 4 aliphatic rings. The molecule has 2 heteroatoms. The van der Waals surface area contributed by atoms with Crippen LogP contribution in [0.25, 0.3) is 50.1 Å². The fourth-order valence-electron chi connectivity index (χ4n) is 11.1. The lowest BCUT2D eigenvalue weighted by molar-refractivity contribution is 0.786. The second-order valence-corrected chi connectivity index (χ2v) is 17.2. The van der Waals surface area contributed by atoms with Crippen molar-refractivity contribution in [3.8, 4) is 44.5 Å². The van der Waals surface area contributed by atoms with Crippen LogP contribution in [0, 0.1) is 0 Å². The Morgan fingerprint density at radius 1 is 0.328 bits per heavy atom. The molecule has 1 aliphatic heterocycles. The Morgan fingerprint density at radius 3 is 1.41 bits per heavy atom. The minimum Gasteiger partial charge on any atom is -0.306 e. The molecule has 9 aromatic rings. The van der Waals surface area contributed by atoms with Gasteiger partial charge in [-0.1, -0.05) is 188 Å². The van der Waals surface area contributed by atoms with Crippen LogP contribution in [0.5, 0.6) is 0 Å². The van der Waals surface area contributed by atoms with Gasteiger partial charge in [-0.2, -0.15) is 0 Å². The molecule has 0 atom stereocenters. The molecular weight excluding hydrogens is 773 g/mol. The summed E-state index contributed by atoms with van der Waals surface area (Å²) in [6.45, 7) is 0. The maximum Gasteiger partial charge on any atom is 0.0722 e. The number of benzene rings is 9. The van der Waals surface area contributed by atoms with E-state index in [0.717, 1.165) is 40.5 Å². The number of para-hydroxylation sites is 2. The third-order valence-electron chi connectivity index (χ3n) is 13.9. The molecular formula is C62H42N2. The average Bonchev–Trinajstić information content (AvgIpc) is 3.67. The lowest BCUT2D eigenvalue weighted by atomic mass is 9.69. The smallest absolute Gasteiger partial charge is 0.0722 e. The van der Waals surface area contributed by atoms with Crippen LogP contribution >= 0.6 is 0 Å². The Balaban J connectivity index is 1.00. The summed E-state index contributed by atoms with van der Waals surface area (Å²) >= 11 is 0. The number of rotatable bonds is 5. The highest BCUT2D eigenvalue weighted by Crippen LogP contribution is 2.63. The molecule has 3 aliphatic carbocycles. The SMILES string of the molecule is C1=CCC2=C(C=C1)C1(c3cc(-c4ccc5c(c4)N(c4ccc(-c6ccccc6)cc4)c4ccccc4N5c4ccc(-c5ccccc5)cc4)ccc32)c2ccccc2-c2ccccc21. The monoisotopic (exact) mass is 814 g/mol. The largest absolute Gasteiger partial charge is 0.306 e. The molecule has 300 valence electrons. The summed E-state index contributed by atoms with van der Waals surface area (Å²) in [5.74, 6) is 0. The summed E-state index contributed by atoms with van der Waals surface area (Å²) < 4.78 is 0. The molecule has 0 aromatic heterocycles. The summed E-state index contributed by atoms with van der Waals surface area (Å²) in [7, 11) is 0. The van der Waals surface area contributed by atoms with E-state index in [1.54, 1.807) is 0 Å². The predicted molar refractivity (Wildman–Crippen MR) is 267 cm³/mol. The van der Waals surface area contributed by atoms with Crippen LogP contribution in [0.2, 0.25) is 0 Å². The van der Waals surface area contributed by atoms with Crippen molar-refractivity contribution in [1.29, 1.82) is 0 Å². The van der Waals surface area contributed by atoms with Gasteiger partial charge in [0.1, 0.15) is 0 Å². The molecule has 0 bridgehead atoms. The van der Waals surface area contributed by atoms with E-state index in [1.807, 2.05) is 0 Å².